The number of rotatable bonds is 2. The van der Waals surface area contributed by atoms with E-state index in [4.69, 9.17) is 23.2 Å². The van der Waals surface area contributed by atoms with Crippen LogP contribution in [0.2, 0.25) is 10.0 Å². The molecule has 0 atom stereocenters. The molecule has 0 aromatic heterocycles. The number of urea groups is 1. The van der Waals surface area contributed by atoms with E-state index in [-0.39, 0.29) is 27.0 Å². The Hall–Kier alpha value is -2.12. The largest absolute Gasteiger partial charge is 0.326 e. The van der Waals surface area contributed by atoms with Crippen LogP contribution < -0.4 is 10.6 Å². The summed E-state index contributed by atoms with van der Waals surface area (Å²) in [6.07, 6.45) is 1.23. The summed E-state index contributed by atoms with van der Waals surface area (Å²) < 4.78 is 0. The van der Waals surface area contributed by atoms with Crippen molar-refractivity contribution in [2.75, 3.05) is 0 Å². The molecule has 1 saturated heterocycles. The molecule has 1 aliphatic rings. The van der Waals surface area contributed by atoms with Crippen molar-refractivity contribution in [2.24, 2.45) is 0 Å². The van der Waals surface area contributed by atoms with Crippen LogP contribution >= 0.6 is 23.2 Å². The predicted molar refractivity (Wildman–Crippen MR) is 67.8 cm³/mol. The number of halogens is 2. The Morgan fingerprint density at radius 3 is 2.37 bits per heavy atom. The van der Waals surface area contributed by atoms with Gasteiger partial charge in [0.25, 0.3) is 11.6 Å². The van der Waals surface area contributed by atoms with Crippen molar-refractivity contribution in [3.63, 3.8) is 0 Å². The average Bonchev–Trinajstić information content (AvgIpc) is 2.60. The third-order valence-corrected chi connectivity index (χ3v) is 2.91. The second-order valence-electron chi connectivity index (χ2n) is 3.55. The maximum absolute atomic E-state index is 11.3. The van der Waals surface area contributed by atoms with Crippen LogP contribution in [-0.4, -0.2) is 16.9 Å². The van der Waals surface area contributed by atoms with Crippen molar-refractivity contribution >= 4 is 46.9 Å². The normalized spacial score (nSPS) is 16.4. The fourth-order valence-electron chi connectivity index (χ4n) is 1.44. The highest BCUT2D eigenvalue weighted by Crippen LogP contribution is 2.31. The zero-order valence-electron chi connectivity index (χ0n) is 9.07. The van der Waals surface area contributed by atoms with Gasteiger partial charge in [-0.2, -0.15) is 0 Å². The smallest absolute Gasteiger partial charge is 0.303 e. The molecule has 0 aliphatic carbocycles. The van der Waals surface area contributed by atoms with Gasteiger partial charge in [0.2, 0.25) is 0 Å². The Bertz CT molecular complexity index is 642. The number of benzene rings is 1. The third kappa shape index (κ3) is 2.67. The van der Waals surface area contributed by atoms with E-state index in [0.717, 1.165) is 6.07 Å². The molecule has 19 heavy (non-hydrogen) atoms. The van der Waals surface area contributed by atoms with Crippen LogP contribution in [0.15, 0.2) is 17.8 Å². The molecule has 1 aromatic carbocycles. The SMILES string of the molecule is O=C1NC(=O)/C(=C/c2cc([N+](=O)[O-])c(Cl)cc2Cl)N1. The number of carbonyl (C=O) groups is 2. The molecule has 0 spiro atoms. The molecule has 9 heteroatoms. The van der Waals surface area contributed by atoms with Gasteiger partial charge in [-0.1, -0.05) is 23.2 Å². The molecule has 2 N–H and O–H groups in total. The lowest BCUT2D eigenvalue weighted by atomic mass is 10.1. The van der Waals surface area contributed by atoms with Crippen molar-refractivity contribution < 1.29 is 14.5 Å². The molecule has 0 unspecified atom stereocenters. The van der Waals surface area contributed by atoms with Gasteiger partial charge < -0.3 is 5.32 Å². The number of nitrogens with one attached hydrogen (secondary N) is 2. The quantitative estimate of drug-likeness (QED) is 0.378. The molecule has 0 saturated carbocycles. The maximum Gasteiger partial charge on any atom is 0.326 e. The molecule has 2 rings (SSSR count). The van der Waals surface area contributed by atoms with Crippen LogP contribution in [0.5, 0.6) is 0 Å². The van der Waals surface area contributed by atoms with E-state index in [0.29, 0.717) is 0 Å². The molecule has 1 aliphatic heterocycles. The van der Waals surface area contributed by atoms with E-state index >= 15 is 0 Å². The summed E-state index contributed by atoms with van der Waals surface area (Å²) in [6.45, 7) is 0. The summed E-state index contributed by atoms with van der Waals surface area (Å²) in [7, 11) is 0. The first-order valence-corrected chi connectivity index (χ1v) is 5.61. The summed E-state index contributed by atoms with van der Waals surface area (Å²) in [5, 5.41) is 15.0. The molecule has 7 nitrogen and oxygen atoms in total. The maximum atomic E-state index is 11.3. The van der Waals surface area contributed by atoms with E-state index in [1.807, 2.05) is 5.32 Å². The number of nitro groups is 1. The minimum absolute atomic E-state index is 0.0523. The van der Waals surface area contributed by atoms with Crippen molar-refractivity contribution in [1.29, 1.82) is 0 Å². The summed E-state index contributed by atoms with van der Waals surface area (Å²) in [5.41, 5.74) is -0.198. The highest BCUT2D eigenvalue weighted by atomic mass is 35.5. The Labute approximate surface area is 116 Å². The number of nitro benzene ring substituents is 1. The van der Waals surface area contributed by atoms with E-state index in [2.05, 4.69) is 5.32 Å². The zero-order valence-corrected chi connectivity index (χ0v) is 10.6. The molecular weight excluding hydrogens is 297 g/mol. The van der Waals surface area contributed by atoms with Gasteiger partial charge in [0, 0.05) is 16.7 Å². The molecule has 1 fully saturated rings. The van der Waals surface area contributed by atoms with Gasteiger partial charge in [-0.15, -0.1) is 0 Å². The van der Waals surface area contributed by atoms with Crippen molar-refractivity contribution in [1.82, 2.24) is 10.6 Å². The highest BCUT2D eigenvalue weighted by molar-refractivity contribution is 6.37. The second kappa shape index (κ2) is 4.87. The van der Waals surface area contributed by atoms with Crippen LogP contribution in [0, 0.1) is 10.1 Å². The van der Waals surface area contributed by atoms with Crippen LogP contribution in [0.25, 0.3) is 6.08 Å². The lowest BCUT2D eigenvalue weighted by molar-refractivity contribution is -0.384. The zero-order chi connectivity index (χ0) is 14.2. The lowest BCUT2D eigenvalue weighted by Crippen LogP contribution is -2.22. The lowest BCUT2D eigenvalue weighted by Gasteiger charge is -2.02. The van der Waals surface area contributed by atoms with Gasteiger partial charge in [-0.05, 0) is 12.1 Å². The summed E-state index contributed by atoms with van der Waals surface area (Å²) in [6, 6.07) is 1.65. The number of amides is 3. The van der Waals surface area contributed by atoms with Crippen LogP contribution in [-0.2, 0) is 4.79 Å². The first kappa shape index (κ1) is 13.3. The first-order chi connectivity index (χ1) is 8.88. The van der Waals surface area contributed by atoms with E-state index in [9.17, 15) is 19.7 Å². The van der Waals surface area contributed by atoms with Gasteiger partial charge in [-0.25, -0.2) is 4.79 Å². The van der Waals surface area contributed by atoms with Gasteiger partial charge in [0.1, 0.15) is 10.7 Å². The molecular formula is C10H5Cl2N3O4. The minimum atomic E-state index is -0.673. The number of carbonyl (C=O) groups excluding carboxylic acids is 2. The van der Waals surface area contributed by atoms with Crippen LogP contribution in [0.3, 0.4) is 0 Å². The van der Waals surface area contributed by atoms with Gasteiger partial charge in [0.05, 0.1) is 4.92 Å². The number of nitrogens with zero attached hydrogens (tertiary/aromatic N) is 1. The number of imide groups is 1. The minimum Gasteiger partial charge on any atom is -0.303 e. The Kier molecular flexibility index (Phi) is 3.41. The van der Waals surface area contributed by atoms with Gasteiger partial charge in [-0.3, -0.25) is 20.2 Å². The van der Waals surface area contributed by atoms with Crippen LogP contribution in [0.4, 0.5) is 10.5 Å². The molecule has 1 heterocycles. The number of hydrogen-bond donors (Lipinski definition) is 2. The third-order valence-electron chi connectivity index (χ3n) is 2.28. The monoisotopic (exact) mass is 301 g/mol. The van der Waals surface area contributed by atoms with E-state index < -0.39 is 16.9 Å². The first-order valence-electron chi connectivity index (χ1n) is 4.86. The Morgan fingerprint density at radius 2 is 1.84 bits per heavy atom. The summed E-state index contributed by atoms with van der Waals surface area (Å²) in [5.74, 6) is -0.640. The Balaban J connectivity index is 2.49. The van der Waals surface area contributed by atoms with E-state index in [1.165, 1.54) is 12.1 Å². The summed E-state index contributed by atoms with van der Waals surface area (Å²) in [4.78, 5) is 32.3. The van der Waals surface area contributed by atoms with E-state index in [1.54, 1.807) is 0 Å². The molecule has 0 bridgehead atoms. The Morgan fingerprint density at radius 1 is 1.16 bits per heavy atom. The van der Waals surface area contributed by atoms with Crippen molar-refractivity contribution in [3.05, 3.63) is 43.6 Å². The topological polar surface area (TPSA) is 101 Å². The average molecular weight is 302 g/mol. The van der Waals surface area contributed by atoms with Gasteiger partial charge >= 0.3 is 6.03 Å². The highest BCUT2D eigenvalue weighted by Gasteiger charge is 2.24. The summed E-state index contributed by atoms with van der Waals surface area (Å²) >= 11 is 11.5. The second-order valence-corrected chi connectivity index (χ2v) is 4.36. The fraction of sp³-hybridized carbons (Fsp3) is 0. The van der Waals surface area contributed by atoms with Gasteiger partial charge in [0.15, 0.2) is 0 Å². The molecule has 0 radical (unpaired) electrons. The van der Waals surface area contributed by atoms with Crippen molar-refractivity contribution in [2.45, 2.75) is 0 Å². The molecule has 3 amide bonds. The molecule has 1 aromatic rings. The standard InChI is InChI=1S/C10H5Cl2N3O4/c11-5-3-6(12)8(15(18)19)2-4(5)1-7-9(16)14-10(17)13-7/h1-3H,(H2,13,14,16,17)/b7-1-. The number of hydrogen-bond acceptors (Lipinski definition) is 4. The fourth-order valence-corrected chi connectivity index (χ4v) is 1.95. The molecule has 98 valence electrons. The van der Waals surface area contributed by atoms with Crippen LogP contribution in [0.1, 0.15) is 5.56 Å². The predicted octanol–water partition coefficient (Wildman–Crippen LogP) is 2.08. The van der Waals surface area contributed by atoms with Crippen molar-refractivity contribution in [3.8, 4) is 0 Å².